The minimum Gasteiger partial charge on any atom is -0.392 e. The third-order valence-corrected chi connectivity index (χ3v) is 3.53. The second kappa shape index (κ2) is 2.92. The lowest BCUT2D eigenvalue weighted by atomic mass is 9.98. The van der Waals surface area contributed by atoms with Gasteiger partial charge in [0.1, 0.15) is 0 Å². The average Bonchev–Trinajstić information content (AvgIpc) is 2.95. The molecule has 15 heavy (non-hydrogen) atoms. The molecule has 0 radical (unpaired) electrons. The number of aliphatic hydroxyl groups excluding tert-OH is 1. The molecule has 0 atom stereocenters. The van der Waals surface area contributed by atoms with E-state index in [0.29, 0.717) is 5.41 Å². The van der Waals surface area contributed by atoms with E-state index < -0.39 is 0 Å². The fourth-order valence-electron chi connectivity index (χ4n) is 2.19. The van der Waals surface area contributed by atoms with Crippen molar-refractivity contribution in [2.75, 3.05) is 18.0 Å². The standard InChI is InChI=1S/C11H15N3O/c1-8-9(5-15)4-12-10(13-8)14-6-11(7-14)2-3-11/h4,15H,2-3,5-7H2,1H3. The maximum atomic E-state index is 9.02. The van der Waals surface area contributed by atoms with Crippen molar-refractivity contribution in [2.24, 2.45) is 5.41 Å². The van der Waals surface area contributed by atoms with Gasteiger partial charge in [-0.3, -0.25) is 0 Å². The third kappa shape index (κ3) is 1.40. The van der Waals surface area contributed by atoms with Crippen LogP contribution in [0.15, 0.2) is 6.20 Å². The van der Waals surface area contributed by atoms with E-state index in [2.05, 4.69) is 14.9 Å². The first-order valence-electron chi connectivity index (χ1n) is 5.41. The Balaban J connectivity index is 1.78. The molecule has 0 aromatic carbocycles. The summed E-state index contributed by atoms with van der Waals surface area (Å²) in [5, 5.41) is 9.02. The highest BCUT2D eigenvalue weighted by atomic mass is 16.3. The Kier molecular flexibility index (Phi) is 1.77. The minimum absolute atomic E-state index is 0.0239. The van der Waals surface area contributed by atoms with Gasteiger partial charge in [-0.25, -0.2) is 9.97 Å². The smallest absolute Gasteiger partial charge is 0.225 e. The molecule has 1 saturated heterocycles. The highest BCUT2D eigenvalue weighted by Gasteiger charge is 2.53. The Hall–Kier alpha value is -1.16. The molecule has 1 spiro atoms. The van der Waals surface area contributed by atoms with Crippen molar-refractivity contribution >= 4 is 5.95 Å². The number of aliphatic hydroxyl groups is 1. The zero-order valence-corrected chi connectivity index (χ0v) is 8.90. The third-order valence-electron chi connectivity index (χ3n) is 3.53. The number of hydrogen-bond donors (Lipinski definition) is 1. The summed E-state index contributed by atoms with van der Waals surface area (Å²) in [4.78, 5) is 10.9. The van der Waals surface area contributed by atoms with E-state index in [-0.39, 0.29) is 6.61 Å². The van der Waals surface area contributed by atoms with Crippen molar-refractivity contribution in [3.8, 4) is 0 Å². The second-order valence-electron chi connectivity index (χ2n) is 4.79. The molecular weight excluding hydrogens is 190 g/mol. The quantitative estimate of drug-likeness (QED) is 0.778. The van der Waals surface area contributed by atoms with E-state index in [4.69, 9.17) is 5.11 Å². The van der Waals surface area contributed by atoms with Crippen LogP contribution in [0.25, 0.3) is 0 Å². The number of anilines is 1. The molecule has 2 fully saturated rings. The van der Waals surface area contributed by atoms with Gasteiger partial charge in [0.15, 0.2) is 0 Å². The first-order chi connectivity index (χ1) is 7.22. The van der Waals surface area contributed by atoms with Gasteiger partial charge in [-0.1, -0.05) is 0 Å². The summed E-state index contributed by atoms with van der Waals surface area (Å²) in [6.07, 6.45) is 4.48. The van der Waals surface area contributed by atoms with Crippen molar-refractivity contribution in [3.05, 3.63) is 17.5 Å². The Morgan fingerprint density at radius 3 is 2.73 bits per heavy atom. The van der Waals surface area contributed by atoms with Gasteiger partial charge in [-0.2, -0.15) is 0 Å². The van der Waals surface area contributed by atoms with Gasteiger partial charge >= 0.3 is 0 Å². The molecule has 1 aromatic rings. The van der Waals surface area contributed by atoms with Crippen LogP contribution in [0, 0.1) is 12.3 Å². The van der Waals surface area contributed by atoms with Crippen molar-refractivity contribution in [1.82, 2.24) is 9.97 Å². The fraction of sp³-hybridized carbons (Fsp3) is 0.636. The SMILES string of the molecule is Cc1nc(N2CC3(CC3)C2)ncc1CO. The van der Waals surface area contributed by atoms with Gasteiger partial charge < -0.3 is 10.0 Å². The van der Waals surface area contributed by atoms with Crippen LogP contribution in [0.2, 0.25) is 0 Å². The monoisotopic (exact) mass is 205 g/mol. The topological polar surface area (TPSA) is 49.2 Å². The second-order valence-corrected chi connectivity index (χ2v) is 4.79. The van der Waals surface area contributed by atoms with E-state index in [9.17, 15) is 0 Å². The average molecular weight is 205 g/mol. The van der Waals surface area contributed by atoms with E-state index in [1.54, 1.807) is 6.20 Å². The molecule has 1 aliphatic carbocycles. The van der Waals surface area contributed by atoms with E-state index >= 15 is 0 Å². The van der Waals surface area contributed by atoms with Crippen LogP contribution in [0.1, 0.15) is 24.1 Å². The molecule has 4 nitrogen and oxygen atoms in total. The molecule has 1 aliphatic heterocycles. The number of aryl methyl sites for hydroxylation is 1. The molecule has 2 heterocycles. The summed E-state index contributed by atoms with van der Waals surface area (Å²) in [7, 11) is 0. The van der Waals surface area contributed by atoms with Gasteiger partial charge in [0.25, 0.3) is 0 Å². The normalized spacial score (nSPS) is 21.6. The molecule has 0 unspecified atom stereocenters. The molecule has 0 amide bonds. The molecule has 2 aliphatic rings. The molecule has 1 saturated carbocycles. The summed E-state index contributed by atoms with van der Waals surface area (Å²) in [5.74, 6) is 0.822. The van der Waals surface area contributed by atoms with E-state index in [0.717, 1.165) is 30.3 Å². The molecule has 4 heteroatoms. The minimum atomic E-state index is 0.0239. The van der Waals surface area contributed by atoms with Gasteiger partial charge in [-0.05, 0) is 19.8 Å². The Morgan fingerprint density at radius 1 is 1.47 bits per heavy atom. The zero-order chi connectivity index (χ0) is 10.5. The lowest BCUT2D eigenvalue weighted by molar-refractivity contribution is 0.279. The number of rotatable bonds is 2. The van der Waals surface area contributed by atoms with Crippen LogP contribution >= 0.6 is 0 Å². The Morgan fingerprint density at radius 2 is 2.20 bits per heavy atom. The number of hydrogen-bond acceptors (Lipinski definition) is 4. The highest BCUT2D eigenvalue weighted by molar-refractivity contribution is 5.40. The molecule has 80 valence electrons. The zero-order valence-electron chi connectivity index (χ0n) is 8.90. The molecule has 1 aromatic heterocycles. The van der Waals surface area contributed by atoms with E-state index in [1.165, 1.54) is 12.8 Å². The van der Waals surface area contributed by atoms with Gasteiger partial charge in [0.2, 0.25) is 5.95 Å². The Labute approximate surface area is 89.0 Å². The van der Waals surface area contributed by atoms with Gasteiger partial charge in [0, 0.05) is 36.0 Å². The van der Waals surface area contributed by atoms with E-state index in [1.807, 2.05) is 6.92 Å². The maximum Gasteiger partial charge on any atom is 0.225 e. The predicted octanol–water partition coefficient (Wildman–Crippen LogP) is 0.878. The number of nitrogens with zero attached hydrogens (tertiary/aromatic N) is 3. The van der Waals surface area contributed by atoms with Crippen molar-refractivity contribution < 1.29 is 5.11 Å². The van der Waals surface area contributed by atoms with Crippen molar-refractivity contribution in [3.63, 3.8) is 0 Å². The van der Waals surface area contributed by atoms with Crippen LogP contribution in [0.4, 0.5) is 5.95 Å². The predicted molar refractivity (Wildman–Crippen MR) is 56.6 cm³/mol. The summed E-state index contributed by atoms with van der Waals surface area (Å²) in [6.45, 7) is 4.18. The first-order valence-corrected chi connectivity index (χ1v) is 5.41. The van der Waals surface area contributed by atoms with Crippen molar-refractivity contribution in [2.45, 2.75) is 26.4 Å². The van der Waals surface area contributed by atoms with Crippen LogP contribution in [0.5, 0.6) is 0 Å². The summed E-state index contributed by atoms with van der Waals surface area (Å²) < 4.78 is 0. The van der Waals surface area contributed by atoms with Crippen LogP contribution in [0.3, 0.4) is 0 Å². The van der Waals surface area contributed by atoms with Crippen molar-refractivity contribution in [1.29, 1.82) is 0 Å². The summed E-state index contributed by atoms with van der Waals surface area (Å²) >= 11 is 0. The van der Waals surface area contributed by atoms with Crippen LogP contribution in [-0.4, -0.2) is 28.2 Å². The van der Waals surface area contributed by atoms with Gasteiger partial charge in [-0.15, -0.1) is 0 Å². The first kappa shape index (κ1) is 9.09. The Bertz CT molecular complexity index is 393. The molecular formula is C11H15N3O. The summed E-state index contributed by atoms with van der Waals surface area (Å²) in [6, 6.07) is 0. The van der Waals surface area contributed by atoms with Crippen LogP contribution in [-0.2, 0) is 6.61 Å². The number of aromatic nitrogens is 2. The highest BCUT2D eigenvalue weighted by Crippen LogP contribution is 2.53. The molecule has 1 N–H and O–H groups in total. The molecule has 3 rings (SSSR count). The summed E-state index contributed by atoms with van der Waals surface area (Å²) in [5.41, 5.74) is 2.34. The van der Waals surface area contributed by atoms with Crippen LogP contribution < -0.4 is 4.90 Å². The van der Waals surface area contributed by atoms with Gasteiger partial charge in [0.05, 0.1) is 6.61 Å². The maximum absolute atomic E-state index is 9.02. The largest absolute Gasteiger partial charge is 0.392 e. The lowest BCUT2D eigenvalue weighted by Gasteiger charge is -2.40. The lowest BCUT2D eigenvalue weighted by Crippen LogP contribution is -2.49. The molecule has 0 bridgehead atoms. The fourth-order valence-corrected chi connectivity index (χ4v) is 2.19.